The van der Waals surface area contributed by atoms with Crippen molar-refractivity contribution in [3.8, 4) is 0 Å². The Labute approximate surface area is 118 Å². The maximum absolute atomic E-state index is 12.3. The van der Waals surface area contributed by atoms with Crippen LogP contribution in [0.15, 0.2) is 16.8 Å². The molecule has 3 saturated heterocycles. The van der Waals surface area contributed by atoms with Gasteiger partial charge < -0.3 is 14.4 Å². The number of rotatable bonds is 0. The van der Waals surface area contributed by atoms with Crippen molar-refractivity contribution in [1.29, 1.82) is 0 Å². The van der Waals surface area contributed by atoms with Crippen LogP contribution in [0.3, 0.4) is 0 Å². The van der Waals surface area contributed by atoms with Gasteiger partial charge in [-0.15, -0.1) is 0 Å². The summed E-state index contributed by atoms with van der Waals surface area (Å²) < 4.78 is 9.33. The smallest absolute Gasteiger partial charge is 0.341 e. The van der Waals surface area contributed by atoms with Crippen molar-refractivity contribution in [3.05, 3.63) is 11.8 Å². The number of hydrogen-bond acceptors (Lipinski definition) is 8. The van der Waals surface area contributed by atoms with E-state index in [4.69, 9.17) is 0 Å². The second kappa shape index (κ2) is 3.57. The summed E-state index contributed by atoms with van der Waals surface area (Å²) in [6.45, 7) is 1.74. The van der Waals surface area contributed by atoms with Gasteiger partial charge in [0.1, 0.15) is 5.92 Å². The van der Waals surface area contributed by atoms with Gasteiger partial charge in [0, 0.05) is 5.70 Å². The normalized spacial score (nSPS) is 40.3. The van der Waals surface area contributed by atoms with Gasteiger partial charge >= 0.3 is 23.9 Å². The lowest BCUT2D eigenvalue weighted by Gasteiger charge is -2.35. The highest BCUT2D eigenvalue weighted by Crippen LogP contribution is 2.52. The van der Waals surface area contributed by atoms with Crippen molar-refractivity contribution in [1.82, 2.24) is 4.90 Å². The van der Waals surface area contributed by atoms with Gasteiger partial charge in [-0.3, -0.25) is 14.4 Å². The monoisotopic (exact) mass is 290 g/mol. The van der Waals surface area contributed by atoms with E-state index in [0.717, 1.165) is 0 Å². The zero-order chi connectivity index (χ0) is 14.9. The minimum atomic E-state index is -1.52. The van der Waals surface area contributed by atoms with E-state index in [1.54, 1.807) is 13.0 Å². The molecule has 0 saturated carbocycles. The van der Waals surface area contributed by atoms with Gasteiger partial charge in [-0.1, -0.05) is 0 Å². The maximum Gasteiger partial charge on any atom is 0.341 e. The molecule has 4 unspecified atom stereocenters. The number of aliphatic imine (C=N–C) groups is 1. The maximum atomic E-state index is 12.3. The van der Waals surface area contributed by atoms with E-state index in [-0.39, 0.29) is 6.42 Å². The molecule has 4 aliphatic heterocycles. The van der Waals surface area contributed by atoms with Crippen molar-refractivity contribution in [2.24, 2.45) is 16.8 Å². The molecular formula is C13H10N2O6. The van der Waals surface area contributed by atoms with Gasteiger partial charge in [-0.2, -0.15) is 0 Å². The Morgan fingerprint density at radius 3 is 2.67 bits per heavy atom. The molecular weight excluding hydrogens is 280 g/mol. The summed E-state index contributed by atoms with van der Waals surface area (Å²) in [6.07, 6.45) is 2.81. The van der Waals surface area contributed by atoms with Crippen LogP contribution >= 0.6 is 0 Å². The summed E-state index contributed by atoms with van der Waals surface area (Å²) in [5, 5.41) is 0. The number of cyclic esters (lactones) is 4. The number of nitrogens with zero attached hydrogens (tertiary/aromatic N) is 2. The third kappa shape index (κ3) is 1.27. The molecule has 4 aliphatic rings. The zero-order valence-corrected chi connectivity index (χ0v) is 10.9. The predicted molar refractivity (Wildman–Crippen MR) is 64.4 cm³/mol. The highest BCUT2D eigenvalue weighted by atomic mass is 16.6. The molecule has 1 spiro atoms. The molecule has 4 rings (SSSR count). The van der Waals surface area contributed by atoms with Gasteiger partial charge in [0.15, 0.2) is 5.54 Å². The van der Waals surface area contributed by atoms with Gasteiger partial charge in [0.2, 0.25) is 0 Å². The summed E-state index contributed by atoms with van der Waals surface area (Å²) >= 11 is 0. The van der Waals surface area contributed by atoms with Crippen molar-refractivity contribution >= 4 is 30.2 Å². The molecule has 0 radical (unpaired) electrons. The molecule has 4 atom stereocenters. The molecule has 0 aliphatic carbocycles. The SMILES string of the molecule is CC1=CC2C3C(=O)OC(=O)C3C3(CC(=O)OC3=O)N2C=N1. The topological polar surface area (TPSA) is 102 Å². The first-order chi connectivity index (χ1) is 9.95. The summed E-state index contributed by atoms with van der Waals surface area (Å²) in [5.74, 6) is -4.86. The average Bonchev–Trinajstić information content (AvgIpc) is 2.96. The van der Waals surface area contributed by atoms with E-state index in [1.807, 2.05) is 0 Å². The predicted octanol–water partition coefficient (Wildman–Crippen LogP) is -0.856. The number of carbonyl (C=O) groups is 4. The van der Waals surface area contributed by atoms with Crippen LogP contribution in [0.5, 0.6) is 0 Å². The lowest BCUT2D eigenvalue weighted by atomic mass is 9.79. The Morgan fingerprint density at radius 2 is 2.00 bits per heavy atom. The highest BCUT2D eigenvalue weighted by Gasteiger charge is 2.74. The molecule has 8 heteroatoms. The Balaban J connectivity index is 1.93. The van der Waals surface area contributed by atoms with E-state index >= 15 is 0 Å². The molecule has 0 aromatic carbocycles. The first-order valence-electron chi connectivity index (χ1n) is 6.47. The molecule has 21 heavy (non-hydrogen) atoms. The molecule has 3 fully saturated rings. The molecule has 0 N–H and O–H groups in total. The first kappa shape index (κ1) is 12.2. The lowest BCUT2D eigenvalue weighted by Crippen LogP contribution is -2.55. The first-order valence-corrected chi connectivity index (χ1v) is 6.47. The Morgan fingerprint density at radius 1 is 1.24 bits per heavy atom. The average molecular weight is 290 g/mol. The molecule has 4 heterocycles. The van der Waals surface area contributed by atoms with Crippen LogP contribution in [0.2, 0.25) is 0 Å². The van der Waals surface area contributed by atoms with Crippen LogP contribution in [0.1, 0.15) is 13.3 Å². The third-order valence-corrected chi connectivity index (χ3v) is 4.52. The minimum Gasteiger partial charge on any atom is -0.393 e. The van der Waals surface area contributed by atoms with E-state index in [1.165, 1.54) is 11.2 Å². The van der Waals surface area contributed by atoms with Gasteiger partial charge in [0.05, 0.1) is 24.7 Å². The number of esters is 4. The van der Waals surface area contributed by atoms with Crippen LogP contribution in [-0.2, 0) is 28.7 Å². The zero-order valence-electron chi connectivity index (χ0n) is 10.9. The molecule has 8 nitrogen and oxygen atoms in total. The van der Waals surface area contributed by atoms with Crippen molar-refractivity contribution < 1.29 is 28.7 Å². The summed E-state index contributed by atoms with van der Waals surface area (Å²) in [6, 6.07) is -0.537. The fraction of sp³-hybridized carbons (Fsp3) is 0.462. The van der Waals surface area contributed by atoms with Crippen LogP contribution in [0.25, 0.3) is 0 Å². The summed E-state index contributed by atoms with van der Waals surface area (Å²) in [5.41, 5.74) is -0.854. The van der Waals surface area contributed by atoms with Crippen LogP contribution < -0.4 is 0 Å². The van der Waals surface area contributed by atoms with Crippen LogP contribution in [0.4, 0.5) is 0 Å². The fourth-order valence-corrected chi connectivity index (χ4v) is 3.70. The summed E-state index contributed by atoms with van der Waals surface area (Å²) in [4.78, 5) is 53.5. The van der Waals surface area contributed by atoms with E-state index < -0.39 is 47.3 Å². The largest absolute Gasteiger partial charge is 0.393 e. The van der Waals surface area contributed by atoms with Gasteiger partial charge in [-0.05, 0) is 13.0 Å². The van der Waals surface area contributed by atoms with E-state index in [0.29, 0.717) is 5.70 Å². The highest BCUT2D eigenvalue weighted by molar-refractivity contribution is 6.10. The Kier molecular flexibility index (Phi) is 2.08. The Hall–Kier alpha value is -2.51. The fourth-order valence-electron chi connectivity index (χ4n) is 3.70. The number of hydrogen-bond donors (Lipinski definition) is 0. The molecule has 0 amide bonds. The minimum absolute atomic E-state index is 0.287. The number of fused-ring (bicyclic) bond motifs is 5. The molecule has 0 aromatic heterocycles. The summed E-state index contributed by atoms with van der Waals surface area (Å²) in [7, 11) is 0. The number of carbonyl (C=O) groups excluding carboxylic acids is 4. The van der Waals surface area contributed by atoms with Crippen LogP contribution in [0, 0.1) is 11.8 Å². The van der Waals surface area contributed by atoms with E-state index in [2.05, 4.69) is 14.5 Å². The van der Waals surface area contributed by atoms with Gasteiger partial charge in [0.25, 0.3) is 0 Å². The second-order valence-corrected chi connectivity index (χ2v) is 5.56. The standard InChI is InChI=1S/C13H10N2O6/c1-5-2-6-8-9(11(18)21-10(8)17)13(15(6)4-14-5)3-7(16)20-12(13)19/h2,4,6,8-9H,3H2,1H3. The van der Waals surface area contributed by atoms with Crippen molar-refractivity contribution in [2.75, 3.05) is 0 Å². The quantitative estimate of drug-likeness (QED) is 0.422. The van der Waals surface area contributed by atoms with Crippen molar-refractivity contribution in [2.45, 2.75) is 24.9 Å². The third-order valence-electron chi connectivity index (χ3n) is 4.52. The molecule has 0 bridgehead atoms. The Bertz CT molecular complexity index is 680. The number of allylic oxidation sites excluding steroid dienone is 1. The molecule has 0 aromatic rings. The van der Waals surface area contributed by atoms with E-state index in [9.17, 15) is 19.2 Å². The van der Waals surface area contributed by atoms with Crippen molar-refractivity contribution in [3.63, 3.8) is 0 Å². The van der Waals surface area contributed by atoms with Gasteiger partial charge in [-0.25, -0.2) is 9.79 Å². The van der Waals surface area contributed by atoms with Crippen LogP contribution in [-0.4, -0.2) is 46.7 Å². The second-order valence-electron chi connectivity index (χ2n) is 5.56. The number of ether oxygens (including phenoxy) is 2. The lowest BCUT2D eigenvalue weighted by molar-refractivity contribution is -0.161. The molecule has 108 valence electrons.